The van der Waals surface area contributed by atoms with Crippen molar-refractivity contribution in [1.82, 2.24) is 4.98 Å². The van der Waals surface area contributed by atoms with Crippen LogP contribution in [0.3, 0.4) is 0 Å². The van der Waals surface area contributed by atoms with Gasteiger partial charge in [0.05, 0.1) is 10.7 Å². The van der Waals surface area contributed by atoms with E-state index < -0.39 is 0 Å². The summed E-state index contributed by atoms with van der Waals surface area (Å²) in [4.78, 5) is 3.41. The third kappa shape index (κ3) is 2.03. The van der Waals surface area contributed by atoms with E-state index >= 15 is 0 Å². The van der Waals surface area contributed by atoms with Gasteiger partial charge in [-0.15, -0.1) is 0 Å². The van der Waals surface area contributed by atoms with Crippen LogP contribution in [0.2, 0.25) is 5.02 Å². The summed E-state index contributed by atoms with van der Waals surface area (Å²) in [7, 11) is 0. The minimum atomic E-state index is 0.567. The van der Waals surface area contributed by atoms with Gasteiger partial charge in [0.25, 0.3) is 0 Å². The third-order valence-corrected chi connectivity index (χ3v) is 4.61. The summed E-state index contributed by atoms with van der Waals surface area (Å²) in [6.07, 6.45) is 0. The molecule has 0 aliphatic carbocycles. The lowest BCUT2D eigenvalue weighted by Crippen LogP contribution is -1.95. The van der Waals surface area contributed by atoms with Crippen molar-refractivity contribution in [3.8, 4) is 11.3 Å². The number of fused-ring (bicyclic) bond motifs is 1. The Bertz CT molecular complexity index is 744. The first-order valence-corrected chi connectivity index (χ1v) is 7.07. The number of hydrogen-bond acceptors (Lipinski definition) is 1. The highest BCUT2D eigenvalue weighted by molar-refractivity contribution is 9.10. The molecule has 0 aliphatic rings. The number of nitrogens with one attached hydrogen (secondary N) is 1. The summed E-state index contributed by atoms with van der Waals surface area (Å²) in [6.45, 7) is 1.98. The zero-order valence-electron chi connectivity index (χ0n) is 10.3. The van der Waals surface area contributed by atoms with Crippen LogP contribution in [0.5, 0.6) is 0 Å². The largest absolute Gasteiger partial charge is 0.397 e. The summed E-state index contributed by atoms with van der Waals surface area (Å²) in [5.74, 6) is 0. The molecule has 0 atom stereocenters. The summed E-state index contributed by atoms with van der Waals surface area (Å²) in [6, 6.07) is 12.3. The molecule has 1 aromatic heterocycles. The fraction of sp³-hybridized carbons (Fsp3) is 0.0667. The number of hydrogen-bond donors (Lipinski definition) is 2. The summed E-state index contributed by atoms with van der Waals surface area (Å²) < 4.78 is 0.811. The first kappa shape index (κ1) is 12.6. The molecule has 0 spiro atoms. The second kappa shape index (κ2) is 4.58. The maximum Gasteiger partial charge on any atom is 0.0780 e. The number of para-hydroxylation sites is 1. The van der Waals surface area contributed by atoms with E-state index in [2.05, 4.69) is 39.1 Å². The Morgan fingerprint density at radius 1 is 1.21 bits per heavy atom. The van der Waals surface area contributed by atoms with Crippen molar-refractivity contribution in [3.05, 3.63) is 51.5 Å². The molecule has 2 aromatic carbocycles. The molecule has 3 N–H and O–H groups in total. The average molecular weight is 336 g/mol. The molecule has 96 valence electrons. The Morgan fingerprint density at radius 3 is 2.68 bits per heavy atom. The molecule has 1 heterocycles. The smallest absolute Gasteiger partial charge is 0.0780 e. The minimum absolute atomic E-state index is 0.567. The number of benzene rings is 2. The molecule has 4 heteroatoms. The maximum absolute atomic E-state index is 6.14. The first-order valence-electron chi connectivity index (χ1n) is 5.90. The van der Waals surface area contributed by atoms with Crippen molar-refractivity contribution in [1.29, 1.82) is 0 Å². The van der Waals surface area contributed by atoms with Crippen LogP contribution in [0.1, 0.15) is 5.56 Å². The van der Waals surface area contributed by atoms with E-state index in [1.807, 2.05) is 25.1 Å². The van der Waals surface area contributed by atoms with Crippen molar-refractivity contribution < 1.29 is 0 Å². The minimum Gasteiger partial charge on any atom is -0.397 e. The summed E-state index contributed by atoms with van der Waals surface area (Å²) in [5.41, 5.74) is 10.9. The second-order valence-corrected chi connectivity index (χ2v) is 5.76. The number of nitrogen functional groups attached to an aromatic ring is 1. The van der Waals surface area contributed by atoms with Crippen molar-refractivity contribution in [2.24, 2.45) is 0 Å². The molecule has 0 unspecified atom stereocenters. The number of H-pyrrole nitrogens is 1. The molecule has 0 fully saturated rings. The van der Waals surface area contributed by atoms with E-state index in [-0.39, 0.29) is 0 Å². The van der Waals surface area contributed by atoms with E-state index in [1.165, 1.54) is 5.39 Å². The van der Waals surface area contributed by atoms with Gasteiger partial charge in [0, 0.05) is 26.6 Å². The van der Waals surface area contributed by atoms with Gasteiger partial charge in [-0.25, -0.2) is 0 Å². The fourth-order valence-corrected chi connectivity index (χ4v) is 2.87. The van der Waals surface area contributed by atoms with E-state index in [4.69, 9.17) is 17.3 Å². The molecule has 3 aromatic rings. The first-order chi connectivity index (χ1) is 9.08. The SMILES string of the molecule is Cc1c(-c2cc3ccccc3[nH]2)cc(Br)c(Cl)c1N. The Labute approximate surface area is 124 Å². The van der Waals surface area contributed by atoms with E-state index in [0.717, 1.165) is 26.8 Å². The Morgan fingerprint density at radius 2 is 1.95 bits per heavy atom. The van der Waals surface area contributed by atoms with Gasteiger partial charge in [0.15, 0.2) is 0 Å². The number of aromatic amines is 1. The Kier molecular flexibility index (Phi) is 3.03. The molecular formula is C15H12BrClN2. The number of aromatic nitrogens is 1. The molecule has 0 amide bonds. The lowest BCUT2D eigenvalue weighted by molar-refractivity contribution is 1.39. The molecule has 0 saturated carbocycles. The van der Waals surface area contributed by atoms with Crippen molar-refractivity contribution in [2.75, 3.05) is 5.73 Å². The molecule has 19 heavy (non-hydrogen) atoms. The molecule has 3 rings (SSSR count). The zero-order valence-corrected chi connectivity index (χ0v) is 12.6. The molecule has 0 saturated heterocycles. The van der Waals surface area contributed by atoms with E-state index in [9.17, 15) is 0 Å². The molecule has 0 bridgehead atoms. The van der Waals surface area contributed by atoms with Crippen LogP contribution in [0.15, 0.2) is 40.9 Å². The van der Waals surface area contributed by atoms with Crippen molar-refractivity contribution in [2.45, 2.75) is 6.92 Å². The van der Waals surface area contributed by atoms with E-state index in [1.54, 1.807) is 0 Å². The van der Waals surface area contributed by atoms with Crippen molar-refractivity contribution in [3.63, 3.8) is 0 Å². The summed E-state index contributed by atoms with van der Waals surface area (Å²) >= 11 is 9.59. The van der Waals surface area contributed by atoms with Gasteiger partial charge in [0.1, 0.15) is 0 Å². The monoisotopic (exact) mass is 334 g/mol. The predicted octanol–water partition coefficient (Wildman–Crippen LogP) is 5.14. The van der Waals surface area contributed by atoms with Crippen LogP contribution in [-0.4, -0.2) is 4.98 Å². The molecule has 0 radical (unpaired) electrons. The van der Waals surface area contributed by atoms with Crippen molar-refractivity contribution >= 4 is 44.1 Å². The normalized spacial score (nSPS) is 11.1. The molecular weight excluding hydrogens is 324 g/mol. The van der Waals surface area contributed by atoms with Gasteiger partial charge < -0.3 is 10.7 Å². The number of anilines is 1. The van der Waals surface area contributed by atoms with Gasteiger partial charge >= 0.3 is 0 Å². The van der Waals surface area contributed by atoms with Crippen LogP contribution in [-0.2, 0) is 0 Å². The van der Waals surface area contributed by atoms with Gasteiger partial charge in [-0.05, 0) is 46.6 Å². The highest BCUT2D eigenvalue weighted by atomic mass is 79.9. The lowest BCUT2D eigenvalue weighted by Gasteiger charge is -2.10. The van der Waals surface area contributed by atoms with E-state index in [0.29, 0.717) is 10.7 Å². The number of nitrogens with two attached hydrogens (primary N) is 1. The highest BCUT2D eigenvalue weighted by Crippen LogP contribution is 2.38. The second-order valence-electron chi connectivity index (χ2n) is 4.53. The van der Waals surface area contributed by atoms with Crippen LogP contribution < -0.4 is 5.73 Å². The Hall–Kier alpha value is -1.45. The molecule has 2 nitrogen and oxygen atoms in total. The van der Waals surface area contributed by atoms with Crippen LogP contribution in [0, 0.1) is 6.92 Å². The fourth-order valence-electron chi connectivity index (χ4n) is 2.23. The predicted molar refractivity (Wildman–Crippen MR) is 85.6 cm³/mol. The summed E-state index contributed by atoms with van der Waals surface area (Å²) in [5, 5.41) is 1.75. The van der Waals surface area contributed by atoms with Gasteiger partial charge in [-0.2, -0.15) is 0 Å². The van der Waals surface area contributed by atoms with Gasteiger partial charge in [0.2, 0.25) is 0 Å². The highest BCUT2D eigenvalue weighted by Gasteiger charge is 2.13. The standard InChI is InChI=1S/C15H12BrClN2/c1-8-10(7-11(16)14(17)15(8)18)13-6-9-4-2-3-5-12(9)19-13/h2-7,19H,18H2,1H3. The lowest BCUT2D eigenvalue weighted by atomic mass is 10.0. The van der Waals surface area contributed by atoms with Crippen LogP contribution in [0.25, 0.3) is 22.2 Å². The Balaban J connectivity index is 2.27. The average Bonchev–Trinajstić information content (AvgIpc) is 2.84. The topological polar surface area (TPSA) is 41.8 Å². The zero-order chi connectivity index (χ0) is 13.6. The quantitative estimate of drug-likeness (QED) is 0.594. The van der Waals surface area contributed by atoms with Gasteiger partial charge in [-0.1, -0.05) is 29.8 Å². The maximum atomic E-state index is 6.14. The van der Waals surface area contributed by atoms with Crippen LogP contribution >= 0.6 is 27.5 Å². The molecule has 0 aliphatic heterocycles. The number of halogens is 2. The third-order valence-electron chi connectivity index (χ3n) is 3.35. The van der Waals surface area contributed by atoms with Crippen LogP contribution in [0.4, 0.5) is 5.69 Å². The number of rotatable bonds is 1. The van der Waals surface area contributed by atoms with Gasteiger partial charge in [-0.3, -0.25) is 0 Å².